The normalized spacial score (nSPS) is 12.0. The van der Waals surface area contributed by atoms with Crippen molar-refractivity contribution in [1.29, 1.82) is 0 Å². The van der Waals surface area contributed by atoms with Crippen molar-refractivity contribution < 1.29 is 9.53 Å². The van der Waals surface area contributed by atoms with Gasteiger partial charge in [-0.05, 0) is 13.3 Å². The van der Waals surface area contributed by atoms with Gasteiger partial charge in [0.25, 0.3) is 5.91 Å². The second-order valence-corrected chi connectivity index (χ2v) is 4.65. The molecule has 2 heterocycles. The van der Waals surface area contributed by atoms with Gasteiger partial charge in [-0.3, -0.25) is 9.59 Å². The molecular formula is C14H19N5O3. The Hall–Kier alpha value is -2.64. The minimum Gasteiger partial charge on any atom is -0.491 e. The van der Waals surface area contributed by atoms with Gasteiger partial charge in [-0.1, -0.05) is 6.92 Å². The zero-order valence-electron chi connectivity index (χ0n) is 12.8. The second-order valence-electron chi connectivity index (χ2n) is 4.65. The predicted molar refractivity (Wildman–Crippen MR) is 79.8 cm³/mol. The van der Waals surface area contributed by atoms with Crippen LogP contribution >= 0.6 is 0 Å². The Morgan fingerprint density at radius 1 is 1.50 bits per heavy atom. The number of hydrogen-bond acceptors (Lipinski definition) is 5. The van der Waals surface area contributed by atoms with Crippen LogP contribution in [0.15, 0.2) is 23.4 Å². The first kappa shape index (κ1) is 15.7. The van der Waals surface area contributed by atoms with Gasteiger partial charge in [0, 0.05) is 18.8 Å². The SMILES string of the molecule is CCC(NC(=O)c1cc(=O)c(OC)c[nH]1)c1ncnn1CC. The summed E-state index contributed by atoms with van der Waals surface area (Å²) in [6.07, 6.45) is 3.49. The monoisotopic (exact) mass is 305 g/mol. The summed E-state index contributed by atoms with van der Waals surface area (Å²) in [5.74, 6) is 0.473. The van der Waals surface area contributed by atoms with E-state index < -0.39 is 0 Å². The highest BCUT2D eigenvalue weighted by Gasteiger charge is 2.19. The number of rotatable bonds is 6. The van der Waals surface area contributed by atoms with Crippen LogP contribution in [0.5, 0.6) is 5.75 Å². The van der Waals surface area contributed by atoms with Crippen LogP contribution < -0.4 is 15.5 Å². The number of aromatic amines is 1. The Kier molecular flexibility index (Phi) is 4.92. The van der Waals surface area contributed by atoms with E-state index in [-0.39, 0.29) is 28.8 Å². The van der Waals surface area contributed by atoms with E-state index in [1.807, 2.05) is 13.8 Å². The maximum absolute atomic E-state index is 12.3. The topological polar surface area (TPSA) is 102 Å². The molecule has 0 aliphatic heterocycles. The average Bonchev–Trinajstić information content (AvgIpc) is 3.00. The minimum absolute atomic E-state index is 0.161. The summed E-state index contributed by atoms with van der Waals surface area (Å²) in [6.45, 7) is 4.56. The van der Waals surface area contributed by atoms with Gasteiger partial charge in [0.15, 0.2) is 5.75 Å². The first-order valence-corrected chi connectivity index (χ1v) is 7.05. The largest absolute Gasteiger partial charge is 0.491 e. The van der Waals surface area contributed by atoms with E-state index in [4.69, 9.17) is 4.74 Å². The van der Waals surface area contributed by atoms with E-state index in [0.717, 1.165) is 0 Å². The molecule has 1 amide bonds. The fraction of sp³-hybridized carbons (Fsp3) is 0.429. The third-order valence-electron chi connectivity index (χ3n) is 3.31. The standard InChI is InChI=1S/C14H19N5O3/c1-4-9(13-16-8-17-19(13)5-2)18-14(21)10-6-11(20)12(22-3)7-15-10/h6-9H,4-5H2,1-3H3,(H,15,20)(H,18,21). The number of nitrogens with zero attached hydrogens (tertiary/aromatic N) is 3. The average molecular weight is 305 g/mol. The first-order valence-electron chi connectivity index (χ1n) is 7.05. The molecule has 0 aromatic carbocycles. The number of amides is 1. The molecule has 0 saturated heterocycles. The third kappa shape index (κ3) is 3.16. The number of H-pyrrole nitrogens is 1. The second kappa shape index (κ2) is 6.88. The number of carbonyl (C=O) groups is 1. The van der Waals surface area contributed by atoms with Crippen molar-refractivity contribution in [2.75, 3.05) is 7.11 Å². The molecule has 118 valence electrons. The van der Waals surface area contributed by atoms with Crippen molar-refractivity contribution >= 4 is 5.91 Å². The zero-order chi connectivity index (χ0) is 16.1. The highest BCUT2D eigenvalue weighted by molar-refractivity contribution is 5.92. The van der Waals surface area contributed by atoms with E-state index in [1.165, 1.54) is 25.7 Å². The zero-order valence-corrected chi connectivity index (χ0v) is 12.8. The van der Waals surface area contributed by atoms with Crippen LogP contribution in [-0.2, 0) is 6.54 Å². The van der Waals surface area contributed by atoms with Crippen molar-refractivity contribution in [2.24, 2.45) is 0 Å². The molecule has 0 fully saturated rings. The molecule has 8 nitrogen and oxygen atoms in total. The number of pyridine rings is 1. The Morgan fingerprint density at radius 3 is 2.86 bits per heavy atom. The summed E-state index contributed by atoms with van der Waals surface area (Å²) in [6, 6.07) is 0.936. The highest BCUT2D eigenvalue weighted by Crippen LogP contribution is 2.14. The lowest BCUT2D eigenvalue weighted by atomic mass is 10.2. The first-order chi connectivity index (χ1) is 10.6. The summed E-state index contributed by atoms with van der Waals surface area (Å²) in [7, 11) is 1.40. The lowest BCUT2D eigenvalue weighted by Gasteiger charge is -2.16. The molecule has 0 aliphatic carbocycles. The van der Waals surface area contributed by atoms with Crippen LogP contribution in [0.4, 0.5) is 0 Å². The predicted octanol–water partition coefficient (Wildman–Crippen LogP) is 0.876. The van der Waals surface area contributed by atoms with Crippen molar-refractivity contribution in [2.45, 2.75) is 32.9 Å². The molecule has 2 aromatic rings. The molecule has 22 heavy (non-hydrogen) atoms. The van der Waals surface area contributed by atoms with Gasteiger partial charge in [-0.25, -0.2) is 9.67 Å². The number of aryl methyl sites for hydroxylation is 1. The number of carbonyl (C=O) groups excluding carboxylic acids is 1. The van der Waals surface area contributed by atoms with Crippen LogP contribution in [0, 0.1) is 0 Å². The lowest BCUT2D eigenvalue weighted by Crippen LogP contribution is -2.31. The van der Waals surface area contributed by atoms with Gasteiger partial charge in [0.05, 0.1) is 13.2 Å². The number of aromatic nitrogens is 4. The van der Waals surface area contributed by atoms with E-state index in [1.54, 1.807) is 4.68 Å². The molecule has 2 rings (SSSR count). The summed E-state index contributed by atoms with van der Waals surface area (Å²) in [5, 5.41) is 6.95. The van der Waals surface area contributed by atoms with Crippen LogP contribution in [0.3, 0.4) is 0 Å². The minimum atomic E-state index is -0.378. The molecule has 8 heteroatoms. The molecule has 0 radical (unpaired) electrons. The molecule has 0 bridgehead atoms. The maximum atomic E-state index is 12.3. The van der Waals surface area contributed by atoms with Crippen molar-refractivity contribution in [1.82, 2.24) is 25.1 Å². The van der Waals surface area contributed by atoms with Gasteiger partial charge < -0.3 is 15.0 Å². The van der Waals surface area contributed by atoms with Crippen LogP contribution in [0.2, 0.25) is 0 Å². The molecule has 2 N–H and O–H groups in total. The van der Waals surface area contributed by atoms with E-state index in [2.05, 4.69) is 20.4 Å². The summed E-state index contributed by atoms with van der Waals surface area (Å²) >= 11 is 0. The van der Waals surface area contributed by atoms with Crippen LogP contribution in [0.1, 0.15) is 42.6 Å². The van der Waals surface area contributed by atoms with E-state index in [0.29, 0.717) is 18.8 Å². The smallest absolute Gasteiger partial charge is 0.268 e. The summed E-state index contributed by atoms with van der Waals surface area (Å²) < 4.78 is 6.60. The molecule has 1 atom stereocenters. The fourth-order valence-electron chi connectivity index (χ4n) is 2.12. The Bertz CT molecular complexity index is 706. The molecule has 0 spiro atoms. The quantitative estimate of drug-likeness (QED) is 0.824. The number of nitrogens with one attached hydrogen (secondary N) is 2. The Balaban J connectivity index is 2.19. The summed E-state index contributed by atoms with van der Waals surface area (Å²) in [4.78, 5) is 30.9. The number of ether oxygens (including phenoxy) is 1. The molecule has 2 aromatic heterocycles. The van der Waals surface area contributed by atoms with Gasteiger partial charge in [-0.15, -0.1) is 0 Å². The Morgan fingerprint density at radius 2 is 2.27 bits per heavy atom. The fourth-order valence-corrected chi connectivity index (χ4v) is 2.12. The molecule has 0 aliphatic rings. The van der Waals surface area contributed by atoms with E-state index in [9.17, 15) is 9.59 Å². The van der Waals surface area contributed by atoms with Crippen LogP contribution in [-0.4, -0.2) is 32.8 Å². The van der Waals surface area contributed by atoms with Crippen molar-refractivity contribution in [3.05, 3.63) is 40.3 Å². The van der Waals surface area contributed by atoms with E-state index >= 15 is 0 Å². The molecule has 1 unspecified atom stereocenters. The lowest BCUT2D eigenvalue weighted by molar-refractivity contribution is 0.0927. The Labute approximate surface area is 127 Å². The van der Waals surface area contributed by atoms with Crippen molar-refractivity contribution in [3.63, 3.8) is 0 Å². The van der Waals surface area contributed by atoms with Crippen molar-refractivity contribution in [3.8, 4) is 5.75 Å². The van der Waals surface area contributed by atoms with Gasteiger partial charge in [0.1, 0.15) is 17.8 Å². The van der Waals surface area contributed by atoms with Crippen LogP contribution in [0.25, 0.3) is 0 Å². The molecular weight excluding hydrogens is 286 g/mol. The summed E-state index contributed by atoms with van der Waals surface area (Å²) in [5.41, 5.74) is -0.178. The number of methoxy groups -OCH3 is 1. The maximum Gasteiger partial charge on any atom is 0.268 e. The van der Waals surface area contributed by atoms with Gasteiger partial charge in [0.2, 0.25) is 5.43 Å². The number of hydrogen-bond donors (Lipinski definition) is 2. The highest BCUT2D eigenvalue weighted by atomic mass is 16.5. The van der Waals surface area contributed by atoms with Gasteiger partial charge >= 0.3 is 0 Å². The van der Waals surface area contributed by atoms with Gasteiger partial charge in [-0.2, -0.15) is 5.10 Å². The third-order valence-corrected chi connectivity index (χ3v) is 3.31. The molecule has 0 saturated carbocycles.